The zero-order valence-electron chi connectivity index (χ0n) is 30.3. The molecule has 16 heteroatoms. The summed E-state index contributed by atoms with van der Waals surface area (Å²) in [6.07, 6.45) is 0. The quantitative estimate of drug-likeness (QED) is 0.0683. The van der Waals surface area contributed by atoms with E-state index in [4.69, 9.17) is 63.6 Å². The van der Waals surface area contributed by atoms with Crippen LogP contribution in [0.15, 0.2) is 171 Å². The highest BCUT2D eigenvalue weighted by molar-refractivity contribution is 7.79. The average molecular weight is 810 g/mol. The first-order chi connectivity index (χ1) is 27.4. The molecule has 0 bridgehead atoms. The molecule has 0 aliphatic carbocycles. The van der Waals surface area contributed by atoms with Gasteiger partial charge in [-0.1, -0.05) is 123 Å². The SMILES string of the molecule is NCc1ccccc1OP1(Oc2ccccc2CN)=NP(Oc2ccccc2)(Oc2ccccc2)=NP(Oc2ccccc2CN)(Oc2ccccc2CN)=N1. The Bertz CT molecular complexity index is 2200. The Labute approximate surface area is 326 Å². The van der Waals surface area contributed by atoms with Gasteiger partial charge >= 0.3 is 23.0 Å². The van der Waals surface area contributed by atoms with E-state index in [0.717, 1.165) is 0 Å². The molecule has 0 radical (unpaired) electrons. The standard InChI is InChI=1S/C40H42N7O6P3/c41-27-31-15-7-11-23-37(31)50-55(51-38-24-12-8-16-32(38)28-42)45-54(48-35-19-3-1-4-20-35,49-36-21-5-2-6-22-36)46-56(47-55,52-39-25-13-9-17-33(39)29-43)53-40-26-14-10-18-34(40)30-44/h1-26H,27-30,41-44H2. The van der Waals surface area contributed by atoms with Crippen molar-refractivity contribution >= 4 is 23.0 Å². The lowest BCUT2D eigenvalue weighted by molar-refractivity contribution is 0.439. The number of nitrogens with two attached hydrogens (primary N) is 4. The van der Waals surface area contributed by atoms with E-state index < -0.39 is 23.0 Å². The molecule has 7 rings (SSSR count). The van der Waals surface area contributed by atoms with Crippen molar-refractivity contribution in [2.75, 3.05) is 0 Å². The van der Waals surface area contributed by atoms with Crippen molar-refractivity contribution in [2.24, 2.45) is 36.5 Å². The molecule has 0 fully saturated rings. The summed E-state index contributed by atoms with van der Waals surface area (Å²) in [6.45, 7) is 0.565. The van der Waals surface area contributed by atoms with Crippen molar-refractivity contribution in [1.29, 1.82) is 0 Å². The highest BCUT2D eigenvalue weighted by Crippen LogP contribution is 2.79. The van der Waals surface area contributed by atoms with E-state index in [0.29, 0.717) is 56.8 Å². The van der Waals surface area contributed by atoms with Gasteiger partial charge in [0.25, 0.3) is 0 Å². The van der Waals surface area contributed by atoms with Gasteiger partial charge < -0.3 is 50.1 Å². The fraction of sp³-hybridized carbons (Fsp3) is 0.100. The normalized spacial score (nSPS) is 14.9. The summed E-state index contributed by atoms with van der Waals surface area (Å²) in [5.41, 5.74) is 27.7. The third-order valence-electron chi connectivity index (χ3n) is 8.25. The van der Waals surface area contributed by atoms with E-state index in [2.05, 4.69) is 0 Å². The molecule has 0 saturated carbocycles. The van der Waals surface area contributed by atoms with Gasteiger partial charge in [0.2, 0.25) is 0 Å². The number of benzene rings is 6. The molecule has 1 aliphatic rings. The first-order valence-electron chi connectivity index (χ1n) is 17.7. The van der Waals surface area contributed by atoms with Crippen LogP contribution in [0.5, 0.6) is 34.5 Å². The van der Waals surface area contributed by atoms with Crippen LogP contribution < -0.4 is 50.1 Å². The van der Waals surface area contributed by atoms with Crippen LogP contribution in [0.25, 0.3) is 0 Å². The smallest absolute Gasteiger partial charge is 0.413 e. The number of rotatable bonds is 16. The Kier molecular flexibility index (Phi) is 12.2. The van der Waals surface area contributed by atoms with Gasteiger partial charge in [-0.25, -0.2) is 0 Å². The van der Waals surface area contributed by atoms with E-state index in [1.54, 1.807) is 48.5 Å². The van der Waals surface area contributed by atoms with Crippen LogP contribution in [-0.2, 0) is 26.2 Å². The van der Waals surface area contributed by atoms with Crippen LogP contribution in [0.1, 0.15) is 22.3 Å². The largest absolute Gasteiger partial charge is 0.460 e. The summed E-state index contributed by atoms with van der Waals surface area (Å²) >= 11 is 0. The molecule has 13 nitrogen and oxygen atoms in total. The number of nitrogens with zero attached hydrogens (tertiary/aromatic N) is 3. The molecule has 288 valence electrons. The van der Waals surface area contributed by atoms with Gasteiger partial charge in [-0.15, -0.1) is 0 Å². The Morgan fingerprint density at radius 1 is 0.304 bits per heavy atom. The molecule has 6 aromatic carbocycles. The molecular weight excluding hydrogens is 767 g/mol. The van der Waals surface area contributed by atoms with Crippen LogP contribution in [0, 0.1) is 0 Å². The topological polar surface area (TPSA) is 197 Å². The molecule has 0 atom stereocenters. The van der Waals surface area contributed by atoms with Crippen LogP contribution in [-0.4, -0.2) is 0 Å². The van der Waals surface area contributed by atoms with Gasteiger partial charge in [-0.05, 0) is 48.5 Å². The minimum absolute atomic E-state index is 0.141. The summed E-state index contributed by atoms with van der Waals surface area (Å²) in [6, 6.07) is 47.4. The number of hydrogen-bond acceptors (Lipinski definition) is 13. The van der Waals surface area contributed by atoms with E-state index in [1.807, 2.05) is 109 Å². The first kappa shape index (κ1) is 38.9. The fourth-order valence-electron chi connectivity index (χ4n) is 5.55. The second kappa shape index (κ2) is 17.6. The molecule has 0 aromatic heterocycles. The lowest BCUT2D eigenvalue weighted by Crippen LogP contribution is -2.13. The van der Waals surface area contributed by atoms with Gasteiger partial charge in [0.15, 0.2) is 0 Å². The van der Waals surface area contributed by atoms with E-state index >= 15 is 0 Å². The van der Waals surface area contributed by atoms with Gasteiger partial charge in [-0.3, -0.25) is 0 Å². The summed E-state index contributed by atoms with van der Waals surface area (Å²) in [5.74, 6) is 2.26. The maximum absolute atomic E-state index is 7.00. The molecule has 1 aliphatic heterocycles. The van der Waals surface area contributed by atoms with Crippen LogP contribution in [0.3, 0.4) is 0 Å². The molecule has 56 heavy (non-hydrogen) atoms. The third-order valence-corrected chi connectivity index (χ3v) is 16.3. The molecule has 0 unspecified atom stereocenters. The molecule has 1 heterocycles. The fourth-order valence-corrected chi connectivity index (χ4v) is 14.8. The van der Waals surface area contributed by atoms with Crippen LogP contribution >= 0.6 is 23.0 Å². The Hall–Kier alpha value is -5.35. The minimum atomic E-state index is -4.17. The van der Waals surface area contributed by atoms with Crippen molar-refractivity contribution in [3.8, 4) is 34.5 Å². The average Bonchev–Trinajstić information content (AvgIpc) is 3.22. The summed E-state index contributed by atoms with van der Waals surface area (Å²) in [4.78, 5) is 0. The van der Waals surface area contributed by atoms with E-state index in [1.165, 1.54) is 0 Å². The van der Waals surface area contributed by atoms with Crippen molar-refractivity contribution in [3.63, 3.8) is 0 Å². The van der Waals surface area contributed by atoms with Crippen molar-refractivity contribution in [3.05, 3.63) is 180 Å². The van der Waals surface area contributed by atoms with Crippen molar-refractivity contribution in [2.45, 2.75) is 26.2 Å². The summed E-state index contributed by atoms with van der Waals surface area (Å²) in [7, 11) is -12.4. The molecule has 0 saturated heterocycles. The van der Waals surface area contributed by atoms with Gasteiger partial charge in [0, 0.05) is 48.4 Å². The predicted octanol–water partition coefficient (Wildman–Crippen LogP) is 10.1. The zero-order chi connectivity index (χ0) is 38.9. The Morgan fingerprint density at radius 3 is 0.804 bits per heavy atom. The molecule has 0 spiro atoms. The Balaban J connectivity index is 1.62. The van der Waals surface area contributed by atoms with Gasteiger partial charge in [0.05, 0.1) is 0 Å². The minimum Gasteiger partial charge on any atom is -0.413 e. The lowest BCUT2D eigenvalue weighted by Gasteiger charge is -2.34. The lowest BCUT2D eigenvalue weighted by atomic mass is 10.2. The van der Waals surface area contributed by atoms with Crippen molar-refractivity contribution in [1.82, 2.24) is 0 Å². The maximum Gasteiger partial charge on any atom is 0.460 e. The highest BCUT2D eigenvalue weighted by atomic mass is 31.3. The molecule has 6 aromatic rings. The van der Waals surface area contributed by atoms with Crippen LogP contribution in [0.2, 0.25) is 0 Å². The van der Waals surface area contributed by atoms with E-state index in [9.17, 15) is 0 Å². The summed E-state index contributed by atoms with van der Waals surface area (Å²) < 4.78 is 57.6. The third kappa shape index (κ3) is 9.02. The first-order valence-corrected chi connectivity index (χ1v) is 22.3. The van der Waals surface area contributed by atoms with Crippen LogP contribution in [0.4, 0.5) is 0 Å². The second-order valence-electron chi connectivity index (χ2n) is 12.2. The van der Waals surface area contributed by atoms with Gasteiger partial charge in [0.1, 0.15) is 34.5 Å². The zero-order valence-corrected chi connectivity index (χ0v) is 33.0. The maximum atomic E-state index is 7.00. The molecular formula is C40H42N7O6P3. The Morgan fingerprint density at radius 2 is 0.536 bits per heavy atom. The molecule has 8 N–H and O–H groups in total. The molecule has 0 amide bonds. The number of para-hydroxylation sites is 6. The highest BCUT2D eigenvalue weighted by Gasteiger charge is 2.49. The second-order valence-corrected chi connectivity index (χ2v) is 18.3. The van der Waals surface area contributed by atoms with E-state index in [-0.39, 0.29) is 26.2 Å². The number of hydrogen-bond donors (Lipinski definition) is 4. The predicted molar refractivity (Wildman–Crippen MR) is 222 cm³/mol. The van der Waals surface area contributed by atoms with Gasteiger partial charge in [-0.2, -0.15) is 0 Å². The van der Waals surface area contributed by atoms with Crippen molar-refractivity contribution < 1.29 is 27.1 Å². The summed E-state index contributed by atoms with van der Waals surface area (Å²) in [5, 5.41) is 0. The monoisotopic (exact) mass is 809 g/mol.